The third-order valence-electron chi connectivity index (χ3n) is 3.55. The second-order valence-corrected chi connectivity index (χ2v) is 4.75. The van der Waals surface area contributed by atoms with Crippen molar-refractivity contribution in [3.63, 3.8) is 0 Å². The molecule has 5 heteroatoms. The van der Waals surface area contributed by atoms with Crippen molar-refractivity contribution in [2.24, 2.45) is 13.0 Å². The van der Waals surface area contributed by atoms with Crippen molar-refractivity contribution >= 4 is 0 Å². The van der Waals surface area contributed by atoms with Gasteiger partial charge in [0.15, 0.2) is 5.75 Å². The molecule has 5 nitrogen and oxygen atoms in total. The van der Waals surface area contributed by atoms with Crippen molar-refractivity contribution in [2.45, 2.75) is 31.9 Å². The van der Waals surface area contributed by atoms with Crippen molar-refractivity contribution in [1.29, 1.82) is 0 Å². The van der Waals surface area contributed by atoms with Crippen molar-refractivity contribution < 1.29 is 9.47 Å². The Labute approximate surface area is 108 Å². The van der Waals surface area contributed by atoms with E-state index in [9.17, 15) is 0 Å². The highest BCUT2D eigenvalue weighted by atomic mass is 16.5. The van der Waals surface area contributed by atoms with Gasteiger partial charge in [-0.05, 0) is 32.7 Å². The molecule has 18 heavy (non-hydrogen) atoms. The lowest BCUT2D eigenvalue weighted by Crippen LogP contribution is -2.35. The van der Waals surface area contributed by atoms with Gasteiger partial charge in [0.2, 0.25) is 0 Å². The number of hydrogen-bond acceptors (Lipinski definition) is 4. The molecule has 0 spiro atoms. The van der Waals surface area contributed by atoms with Gasteiger partial charge in [0, 0.05) is 13.7 Å². The Morgan fingerprint density at radius 1 is 1.56 bits per heavy atom. The van der Waals surface area contributed by atoms with Gasteiger partial charge in [-0.25, -0.2) is 0 Å². The smallest absolute Gasteiger partial charge is 0.161 e. The van der Waals surface area contributed by atoms with Gasteiger partial charge >= 0.3 is 0 Å². The van der Waals surface area contributed by atoms with Crippen LogP contribution in [0.25, 0.3) is 0 Å². The summed E-state index contributed by atoms with van der Waals surface area (Å²) in [5.41, 5.74) is 1.06. The predicted molar refractivity (Wildman–Crippen MR) is 69.7 cm³/mol. The van der Waals surface area contributed by atoms with Crippen LogP contribution in [0.3, 0.4) is 0 Å². The molecule has 0 aliphatic heterocycles. The fourth-order valence-electron chi connectivity index (χ4n) is 2.52. The van der Waals surface area contributed by atoms with E-state index < -0.39 is 0 Å². The standard InChI is InChI=1S/C13H23N3O2/c1-5-18-13(9-6-7-9)11(14-2)12-10(17-4)8-15-16(12)3/h8-9,11,13-14H,5-7H2,1-4H3. The number of methoxy groups -OCH3 is 1. The topological polar surface area (TPSA) is 48.3 Å². The number of ether oxygens (including phenoxy) is 2. The number of rotatable bonds is 7. The summed E-state index contributed by atoms with van der Waals surface area (Å²) in [7, 11) is 5.59. The highest BCUT2D eigenvalue weighted by molar-refractivity contribution is 5.29. The molecular weight excluding hydrogens is 230 g/mol. The zero-order chi connectivity index (χ0) is 13.1. The lowest BCUT2D eigenvalue weighted by molar-refractivity contribution is 0.0179. The van der Waals surface area contributed by atoms with E-state index in [2.05, 4.69) is 10.4 Å². The summed E-state index contributed by atoms with van der Waals surface area (Å²) in [6.45, 7) is 2.78. The number of aromatic nitrogens is 2. The molecular formula is C13H23N3O2. The Hall–Kier alpha value is -1.07. The van der Waals surface area contributed by atoms with E-state index in [-0.39, 0.29) is 12.1 Å². The summed E-state index contributed by atoms with van der Waals surface area (Å²) < 4.78 is 13.2. The number of hydrogen-bond donors (Lipinski definition) is 1. The summed E-state index contributed by atoms with van der Waals surface area (Å²) in [5.74, 6) is 1.48. The molecule has 1 aromatic heterocycles. The van der Waals surface area contributed by atoms with Crippen molar-refractivity contribution in [1.82, 2.24) is 15.1 Å². The average molecular weight is 253 g/mol. The molecule has 2 atom stereocenters. The summed E-state index contributed by atoms with van der Waals surface area (Å²) in [6.07, 6.45) is 4.46. The van der Waals surface area contributed by atoms with E-state index in [4.69, 9.17) is 9.47 Å². The predicted octanol–water partition coefficient (Wildman–Crippen LogP) is 1.50. The van der Waals surface area contributed by atoms with E-state index in [1.807, 2.05) is 25.7 Å². The Morgan fingerprint density at radius 3 is 2.78 bits per heavy atom. The second kappa shape index (κ2) is 5.71. The molecule has 2 rings (SSSR count). The molecule has 1 aromatic rings. The van der Waals surface area contributed by atoms with E-state index in [0.29, 0.717) is 5.92 Å². The Kier molecular flexibility index (Phi) is 4.24. The van der Waals surface area contributed by atoms with Crippen LogP contribution >= 0.6 is 0 Å². The van der Waals surface area contributed by atoms with Crippen LogP contribution in [0.1, 0.15) is 31.5 Å². The molecule has 0 bridgehead atoms. The fourth-order valence-corrected chi connectivity index (χ4v) is 2.52. The highest BCUT2D eigenvalue weighted by Crippen LogP contribution is 2.41. The van der Waals surface area contributed by atoms with Gasteiger partial charge in [0.25, 0.3) is 0 Å². The maximum absolute atomic E-state index is 5.94. The third-order valence-corrected chi connectivity index (χ3v) is 3.55. The third kappa shape index (κ3) is 2.52. The zero-order valence-electron chi connectivity index (χ0n) is 11.6. The fraction of sp³-hybridized carbons (Fsp3) is 0.769. The minimum absolute atomic E-state index is 0.125. The number of nitrogens with one attached hydrogen (secondary N) is 1. The van der Waals surface area contributed by atoms with Crippen molar-refractivity contribution in [2.75, 3.05) is 20.8 Å². The number of aryl methyl sites for hydroxylation is 1. The van der Waals surface area contributed by atoms with Crippen LogP contribution in [-0.4, -0.2) is 36.6 Å². The molecule has 2 unspecified atom stereocenters. The quantitative estimate of drug-likeness (QED) is 0.800. The van der Waals surface area contributed by atoms with Crippen LogP contribution in [-0.2, 0) is 11.8 Å². The van der Waals surface area contributed by atoms with Crippen molar-refractivity contribution in [3.05, 3.63) is 11.9 Å². The summed E-state index contributed by atoms with van der Waals surface area (Å²) >= 11 is 0. The monoisotopic (exact) mass is 253 g/mol. The normalized spacial score (nSPS) is 18.7. The molecule has 1 aliphatic rings. The second-order valence-electron chi connectivity index (χ2n) is 4.75. The Morgan fingerprint density at radius 2 is 2.28 bits per heavy atom. The largest absolute Gasteiger partial charge is 0.493 e. The maximum atomic E-state index is 5.94. The van der Waals surface area contributed by atoms with Gasteiger partial charge in [-0.1, -0.05) is 0 Å². The number of likely N-dealkylation sites (N-methyl/N-ethyl adjacent to an activating group) is 1. The lowest BCUT2D eigenvalue weighted by atomic mass is 10.0. The van der Waals surface area contributed by atoms with Crippen LogP contribution in [0.2, 0.25) is 0 Å². The molecule has 1 aliphatic carbocycles. The maximum Gasteiger partial charge on any atom is 0.161 e. The minimum atomic E-state index is 0.125. The molecule has 0 aromatic carbocycles. The molecule has 1 heterocycles. The summed E-state index contributed by atoms with van der Waals surface area (Å²) in [4.78, 5) is 0. The Bertz CT molecular complexity index is 388. The molecule has 1 fully saturated rings. The van der Waals surface area contributed by atoms with Crippen molar-refractivity contribution in [3.8, 4) is 5.75 Å². The van der Waals surface area contributed by atoms with E-state index >= 15 is 0 Å². The van der Waals surface area contributed by atoms with E-state index in [1.54, 1.807) is 13.3 Å². The minimum Gasteiger partial charge on any atom is -0.493 e. The summed E-state index contributed by atoms with van der Waals surface area (Å²) in [6, 6.07) is 0.125. The molecule has 1 saturated carbocycles. The van der Waals surface area contributed by atoms with Gasteiger partial charge < -0.3 is 14.8 Å². The molecule has 102 valence electrons. The molecule has 0 saturated heterocycles. The van der Waals surface area contributed by atoms with Crippen LogP contribution in [0.15, 0.2) is 6.20 Å². The van der Waals surface area contributed by atoms with Crippen LogP contribution in [0, 0.1) is 5.92 Å². The zero-order valence-corrected chi connectivity index (χ0v) is 11.6. The first-order chi connectivity index (χ1) is 8.72. The first kappa shape index (κ1) is 13.4. The lowest BCUT2D eigenvalue weighted by Gasteiger charge is -2.27. The molecule has 0 radical (unpaired) electrons. The first-order valence-corrected chi connectivity index (χ1v) is 6.57. The molecule has 0 amide bonds. The summed E-state index contributed by atoms with van der Waals surface area (Å²) in [5, 5.41) is 7.64. The van der Waals surface area contributed by atoms with Crippen LogP contribution in [0.4, 0.5) is 0 Å². The SMILES string of the molecule is CCOC(C1CC1)C(NC)c1c(OC)cnn1C. The van der Waals surface area contributed by atoms with Gasteiger partial charge in [0.1, 0.15) is 0 Å². The van der Waals surface area contributed by atoms with Gasteiger partial charge in [-0.2, -0.15) is 5.10 Å². The van der Waals surface area contributed by atoms with Gasteiger partial charge in [-0.15, -0.1) is 0 Å². The number of nitrogens with zero attached hydrogens (tertiary/aromatic N) is 2. The highest BCUT2D eigenvalue weighted by Gasteiger charge is 2.39. The average Bonchev–Trinajstić information content (AvgIpc) is 3.15. The Balaban J connectivity index is 2.27. The van der Waals surface area contributed by atoms with Gasteiger partial charge in [-0.3, -0.25) is 4.68 Å². The van der Waals surface area contributed by atoms with Crippen LogP contribution in [0.5, 0.6) is 5.75 Å². The first-order valence-electron chi connectivity index (χ1n) is 6.57. The van der Waals surface area contributed by atoms with E-state index in [1.165, 1.54) is 12.8 Å². The van der Waals surface area contributed by atoms with Gasteiger partial charge in [0.05, 0.1) is 31.1 Å². The molecule has 1 N–H and O–H groups in total. The van der Waals surface area contributed by atoms with E-state index in [0.717, 1.165) is 18.1 Å². The van der Waals surface area contributed by atoms with Crippen LogP contribution < -0.4 is 10.1 Å².